The summed E-state index contributed by atoms with van der Waals surface area (Å²) in [5, 5.41) is 14.2. The number of benzene rings is 2. The molecule has 0 spiro atoms. The molecule has 2 aromatic rings. The highest BCUT2D eigenvalue weighted by atomic mass is 32.2. The van der Waals surface area contributed by atoms with E-state index in [0.29, 0.717) is 5.75 Å². The summed E-state index contributed by atoms with van der Waals surface area (Å²) in [7, 11) is 1.52. The van der Waals surface area contributed by atoms with Crippen LogP contribution in [0.15, 0.2) is 47.4 Å². The highest BCUT2D eigenvalue weighted by Crippen LogP contribution is 2.41. The summed E-state index contributed by atoms with van der Waals surface area (Å²) in [6.45, 7) is 0. The lowest BCUT2D eigenvalue weighted by Gasteiger charge is -2.17. The molecule has 6 heteroatoms. The number of nitrogens with zero attached hydrogens (tertiary/aromatic N) is 1. The minimum Gasteiger partial charge on any atom is -0.494 e. The number of non-ortho nitro benzene ring substituents is 1. The lowest BCUT2D eigenvalue weighted by Crippen LogP contribution is -2.10. The first-order valence-corrected chi connectivity index (χ1v) is 7.48. The number of thioether (sulfide) groups is 1. The Balaban J connectivity index is 1.87. The van der Waals surface area contributed by atoms with Gasteiger partial charge in [-0.05, 0) is 17.7 Å². The molecule has 0 bridgehead atoms. The number of nitrogens with one attached hydrogen (secondary N) is 1. The van der Waals surface area contributed by atoms with Crippen LogP contribution in [0, 0.1) is 10.1 Å². The minimum atomic E-state index is -0.424. The first-order valence-electron chi connectivity index (χ1n) is 6.49. The van der Waals surface area contributed by atoms with E-state index in [1.807, 2.05) is 12.1 Å². The van der Waals surface area contributed by atoms with Gasteiger partial charge in [-0.3, -0.25) is 10.1 Å². The van der Waals surface area contributed by atoms with Crippen LogP contribution in [0.3, 0.4) is 0 Å². The van der Waals surface area contributed by atoms with Crippen molar-refractivity contribution in [1.29, 1.82) is 0 Å². The molecule has 0 aromatic heterocycles. The zero-order chi connectivity index (χ0) is 14.8. The van der Waals surface area contributed by atoms with Crippen LogP contribution in [-0.4, -0.2) is 17.8 Å². The first kappa shape index (κ1) is 13.8. The molecular formula is C15H14N2O3S. The van der Waals surface area contributed by atoms with E-state index >= 15 is 0 Å². The van der Waals surface area contributed by atoms with Gasteiger partial charge in [0.15, 0.2) is 0 Å². The SMILES string of the molecule is COc1cc([N+](=O)[O-])ccc1NC1CSc2ccccc21. The fourth-order valence-corrected chi connectivity index (χ4v) is 3.54. The summed E-state index contributed by atoms with van der Waals surface area (Å²) in [5.74, 6) is 1.41. The van der Waals surface area contributed by atoms with Gasteiger partial charge in [-0.15, -0.1) is 11.8 Å². The fourth-order valence-electron chi connectivity index (χ4n) is 2.38. The number of rotatable bonds is 4. The Labute approximate surface area is 126 Å². The summed E-state index contributed by atoms with van der Waals surface area (Å²) in [4.78, 5) is 11.7. The molecule has 1 aliphatic heterocycles. The standard InChI is InChI=1S/C15H14N2O3S/c1-20-14-8-10(17(18)19)6-7-12(14)16-13-9-21-15-5-3-2-4-11(13)15/h2-8,13,16H,9H2,1H3. The second-order valence-electron chi connectivity index (χ2n) is 4.69. The molecule has 1 heterocycles. The maximum atomic E-state index is 10.8. The van der Waals surface area contributed by atoms with Gasteiger partial charge in [0.1, 0.15) is 5.75 Å². The maximum Gasteiger partial charge on any atom is 0.273 e. The van der Waals surface area contributed by atoms with E-state index in [9.17, 15) is 10.1 Å². The number of nitro benzene ring substituents is 1. The molecule has 1 N–H and O–H groups in total. The largest absolute Gasteiger partial charge is 0.494 e. The van der Waals surface area contributed by atoms with Crippen molar-refractivity contribution < 1.29 is 9.66 Å². The Morgan fingerprint density at radius 3 is 2.90 bits per heavy atom. The maximum absolute atomic E-state index is 10.8. The van der Waals surface area contributed by atoms with Crippen molar-refractivity contribution in [3.63, 3.8) is 0 Å². The Kier molecular flexibility index (Phi) is 3.70. The number of methoxy groups -OCH3 is 1. The molecule has 2 aromatic carbocycles. The van der Waals surface area contributed by atoms with Crippen molar-refractivity contribution in [2.24, 2.45) is 0 Å². The molecule has 0 amide bonds. The van der Waals surface area contributed by atoms with E-state index in [-0.39, 0.29) is 11.7 Å². The van der Waals surface area contributed by atoms with Crippen LogP contribution in [0.1, 0.15) is 11.6 Å². The van der Waals surface area contributed by atoms with Crippen molar-refractivity contribution in [2.45, 2.75) is 10.9 Å². The van der Waals surface area contributed by atoms with Gasteiger partial charge in [-0.25, -0.2) is 0 Å². The Morgan fingerprint density at radius 1 is 1.33 bits per heavy atom. The van der Waals surface area contributed by atoms with Gasteiger partial charge in [-0.1, -0.05) is 18.2 Å². The third-order valence-corrected chi connectivity index (χ3v) is 4.61. The van der Waals surface area contributed by atoms with Crippen molar-refractivity contribution in [2.75, 3.05) is 18.2 Å². The highest BCUT2D eigenvalue weighted by molar-refractivity contribution is 7.99. The Hall–Kier alpha value is -2.21. The van der Waals surface area contributed by atoms with Gasteiger partial charge in [-0.2, -0.15) is 0 Å². The van der Waals surface area contributed by atoms with Crippen LogP contribution in [0.2, 0.25) is 0 Å². The van der Waals surface area contributed by atoms with Gasteiger partial charge in [0.05, 0.1) is 29.8 Å². The van der Waals surface area contributed by atoms with Crippen molar-refractivity contribution >= 4 is 23.1 Å². The predicted molar refractivity (Wildman–Crippen MR) is 83.2 cm³/mol. The monoisotopic (exact) mass is 302 g/mol. The summed E-state index contributed by atoms with van der Waals surface area (Å²) >= 11 is 1.81. The highest BCUT2D eigenvalue weighted by Gasteiger charge is 2.23. The molecule has 108 valence electrons. The molecule has 3 rings (SSSR count). The van der Waals surface area contributed by atoms with E-state index in [1.165, 1.54) is 29.7 Å². The van der Waals surface area contributed by atoms with Gasteiger partial charge in [0.25, 0.3) is 5.69 Å². The summed E-state index contributed by atoms with van der Waals surface area (Å²) < 4.78 is 5.26. The van der Waals surface area contributed by atoms with E-state index in [4.69, 9.17) is 4.74 Å². The van der Waals surface area contributed by atoms with Crippen molar-refractivity contribution in [3.8, 4) is 5.75 Å². The van der Waals surface area contributed by atoms with Crippen molar-refractivity contribution in [3.05, 3.63) is 58.1 Å². The molecule has 5 nitrogen and oxygen atoms in total. The number of anilines is 1. The van der Waals surface area contributed by atoms with E-state index in [0.717, 1.165) is 11.4 Å². The number of hydrogen-bond acceptors (Lipinski definition) is 5. The predicted octanol–water partition coefficient (Wildman–Crippen LogP) is 3.86. The molecule has 0 fully saturated rings. The molecular weight excluding hydrogens is 288 g/mol. The minimum absolute atomic E-state index is 0.0265. The summed E-state index contributed by atoms with van der Waals surface area (Å²) in [6.07, 6.45) is 0. The second-order valence-corrected chi connectivity index (χ2v) is 5.75. The topological polar surface area (TPSA) is 64.4 Å². The van der Waals surface area contributed by atoms with Crippen LogP contribution in [0.5, 0.6) is 5.75 Å². The molecule has 1 atom stereocenters. The zero-order valence-electron chi connectivity index (χ0n) is 11.4. The molecule has 0 saturated carbocycles. The summed E-state index contributed by atoms with van der Waals surface area (Å²) in [6, 6.07) is 13.1. The van der Waals surface area contributed by atoms with E-state index in [1.54, 1.807) is 17.8 Å². The normalized spacial score (nSPS) is 16.3. The van der Waals surface area contributed by atoms with Crippen LogP contribution < -0.4 is 10.1 Å². The third-order valence-electron chi connectivity index (χ3n) is 3.43. The van der Waals surface area contributed by atoms with E-state index < -0.39 is 4.92 Å². The third kappa shape index (κ3) is 2.67. The average molecular weight is 302 g/mol. The zero-order valence-corrected chi connectivity index (χ0v) is 12.2. The van der Waals surface area contributed by atoms with Crippen LogP contribution in [-0.2, 0) is 0 Å². The molecule has 0 aliphatic carbocycles. The molecule has 1 aliphatic rings. The molecule has 0 saturated heterocycles. The van der Waals surface area contributed by atoms with Gasteiger partial charge in [0.2, 0.25) is 0 Å². The lowest BCUT2D eigenvalue weighted by molar-refractivity contribution is -0.384. The number of ether oxygens (including phenoxy) is 1. The van der Waals surface area contributed by atoms with Gasteiger partial charge < -0.3 is 10.1 Å². The fraction of sp³-hybridized carbons (Fsp3) is 0.200. The Morgan fingerprint density at radius 2 is 2.14 bits per heavy atom. The number of hydrogen-bond donors (Lipinski definition) is 1. The molecule has 0 radical (unpaired) electrons. The van der Waals surface area contributed by atoms with Crippen molar-refractivity contribution in [1.82, 2.24) is 0 Å². The van der Waals surface area contributed by atoms with Gasteiger partial charge in [0, 0.05) is 16.7 Å². The first-order chi connectivity index (χ1) is 10.2. The second kappa shape index (κ2) is 5.65. The lowest BCUT2D eigenvalue weighted by atomic mass is 10.1. The Bertz CT molecular complexity index is 690. The average Bonchev–Trinajstić information content (AvgIpc) is 2.91. The quantitative estimate of drug-likeness (QED) is 0.686. The van der Waals surface area contributed by atoms with Crippen LogP contribution >= 0.6 is 11.8 Å². The smallest absolute Gasteiger partial charge is 0.273 e. The van der Waals surface area contributed by atoms with E-state index in [2.05, 4.69) is 17.4 Å². The number of nitro groups is 1. The summed E-state index contributed by atoms with van der Waals surface area (Å²) in [5.41, 5.74) is 2.05. The van der Waals surface area contributed by atoms with Crippen LogP contribution in [0.4, 0.5) is 11.4 Å². The number of fused-ring (bicyclic) bond motifs is 1. The molecule has 21 heavy (non-hydrogen) atoms. The molecule has 1 unspecified atom stereocenters. The van der Waals surface area contributed by atoms with Crippen LogP contribution in [0.25, 0.3) is 0 Å². The van der Waals surface area contributed by atoms with Gasteiger partial charge >= 0.3 is 0 Å².